The fraction of sp³-hybridized carbons (Fsp3) is 0.133. The number of halogens is 2. The zero-order chi connectivity index (χ0) is 15.7. The Balaban J connectivity index is 1.98. The number of aromatic nitrogens is 1. The molecular formula is C15H10F2N2O3. The standard InChI is InChI=1S/C15H10F2N2O3/c16-15(17,9-10-5-1-3-7-12(10)19(20)21)14-18-11-6-2-4-8-13(11)22-14/h1-8H,9H2. The molecule has 1 heterocycles. The molecule has 112 valence electrons. The maximum atomic E-state index is 14.3. The fourth-order valence-electron chi connectivity index (χ4n) is 2.18. The Morgan fingerprint density at radius 3 is 2.55 bits per heavy atom. The van der Waals surface area contributed by atoms with E-state index in [1.54, 1.807) is 18.2 Å². The molecule has 0 atom stereocenters. The van der Waals surface area contributed by atoms with Gasteiger partial charge >= 0.3 is 5.92 Å². The molecule has 3 aromatic rings. The zero-order valence-corrected chi connectivity index (χ0v) is 11.2. The summed E-state index contributed by atoms with van der Waals surface area (Å²) in [5.74, 6) is -4.18. The minimum atomic E-state index is -3.44. The van der Waals surface area contributed by atoms with Gasteiger partial charge in [-0.3, -0.25) is 10.1 Å². The zero-order valence-electron chi connectivity index (χ0n) is 11.2. The lowest BCUT2D eigenvalue weighted by Gasteiger charge is -2.12. The molecule has 0 aliphatic rings. The molecule has 0 saturated heterocycles. The van der Waals surface area contributed by atoms with Gasteiger partial charge in [0.15, 0.2) is 5.58 Å². The first-order valence-corrected chi connectivity index (χ1v) is 6.43. The highest BCUT2D eigenvalue weighted by Gasteiger charge is 2.39. The summed E-state index contributed by atoms with van der Waals surface area (Å²) in [7, 11) is 0. The van der Waals surface area contributed by atoms with Crippen LogP contribution in [0, 0.1) is 10.1 Å². The smallest absolute Gasteiger partial charge is 0.326 e. The average molecular weight is 304 g/mol. The number of rotatable bonds is 4. The summed E-state index contributed by atoms with van der Waals surface area (Å²) in [6, 6.07) is 11.8. The van der Waals surface area contributed by atoms with Crippen molar-refractivity contribution in [3.8, 4) is 0 Å². The van der Waals surface area contributed by atoms with E-state index in [0.717, 1.165) is 0 Å². The van der Waals surface area contributed by atoms with Crippen molar-refractivity contribution >= 4 is 16.8 Å². The van der Waals surface area contributed by atoms with Crippen molar-refractivity contribution in [3.63, 3.8) is 0 Å². The molecule has 1 aromatic heterocycles. The molecule has 22 heavy (non-hydrogen) atoms. The van der Waals surface area contributed by atoms with Gasteiger partial charge in [-0.15, -0.1) is 0 Å². The number of nitro benzene ring substituents is 1. The maximum absolute atomic E-state index is 14.3. The van der Waals surface area contributed by atoms with Crippen LogP contribution in [0.3, 0.4) is 0 Å². The molecule has 5 nitrogen and oxygen atoms in total. The molecule has 0 radical (unpaired) electrons. The summed E-state index contributed by atoms with van der Waals surface area (Å²) < 4.78 is 33.8. The van der Waals surface area contributed by atoms with E-state index in [1.807, 2.05) is 0 Å². The van der Waals surface area contributed by atoms with Crippen LogP contribution in [0.2, 0.25) is 0 Å². The van der Waals surface area contributed by atoms with Crippen LogP contribution in [0.1, 0.15) is 11.5 Å². The molecule has 0 aliphatic heterocycles. The molecule has 0 bridgehead atoms. The summed E-state index contributed by atoms with van der Waals surface area (Å²) in [4.78, 5) is 14.0. The van der Waals surface area contributed by atoms with Crippen molar-refractivity contribution in [2.24, 2.45) is 0 Å². The Kier molecular flexibility index (Phi) is 3.32. The Labute approximate surface area is 123 Å². The molecule has 2 aromatic carbocycles. The van der Waals surface area contributed by atoms with Gasteiger partial charge in [0.2, 0.25) is 0 Å². The van der Waals surface area contributed by atoms with Crippen LogP contribution >= 0.6 is 0 Å². The lowest BCUT2D eigenvalue weighted by Crippen LogP contribution is -2.18. The number of fused-ring (bicyclic) bond motifs is 1. The van der Waals surface area contributed by atoms with Crippen molar-refractivity contribution in [1.82, 2.24) is 4.98 Å². The van der Waals surface area contributed by atoms with E-state index in [-0.39, 0.29) is 16.8 Å². The third kappa shape index (κ3) is 2.52. The van der Waals surface area contributed by atoms with E-state index < -0.39 is 23.2 Å². The number of hydrogen-bond donors (Lipinski definition) is 0. The van der Waals surface area contributed by atoms with Gasteiger partial charge < -0.3 is 4.42 Å². The first-order valence-electron chi connectivity index (χ1n) is 6.43. The first-order chi connectivity index (χ1) is 10.5. The Hall–Kier alpha value is -2.83. The largest absolute Gasteiger partial charge is 0.435 e. The van der Waals surface area contributed by atoms with Crippen molar-refractivity contribution in [2.45, 2.75) is 12.3 Å². The summed E-state index contributed by atoms with van der Waals surface area (Å²) in [5.41, 5.74) is 0.150. The van der Waals surface area contributed by atoms with Gasteiger partial charge in [0.05, 0.1) is 11.3 Å². The van der Waals surface area contributed by atoms with E-state index in [4.69, 9.17) is 4.42 Å². The Morgan fingerprint density at radius 2 is 1.82 bits per heavy atom. The summed E-state index contributed by atoms with van der Waals surface area (Å²) in [6.45, 7) is 0. The van der Waals surface area contributed by atoms with E-state index in [1.165, 1.54) is 30.3 Å². The molecule has 0 N–H and O–H groups in total. The minimum absolute atomic E-state index is 0.0697. The van der Waals surface area contributed by atoms with Gasteiger partial charge in [-0.05, 0) is 12.1 Å². The van der Waals surface area contributed by atoms with Crippen LogP contribution in [-0.2, 0) is 12.3 Å². The van der Waals surface area contributed by atoms with Crippen LogP contribution in [0.4, 0.5) is 14.5 Å². The third-order valence-corrected chi connectivity index (χ3v) is 3.21. The highest BCUT2D eigenvalue weighted by molar-refractivity contribution is 5.72. The van der Waals surface area contributed by atoms with E-state index in [9.17, 15) is 18.9 Å². The fourth-order valence-corrected chi connectivity index (χ4v) is 2.18. The SMILES string of the molecule is O=[N+]([O-])c1ccccc1CC(F)(F)c1nc2ccccc2o1. The van der Waals surface area contributed by atoms with Gasteiger partial charge in [-0.1, -0.05) is 30.3 Å². The summed E-state index contributed by atoms with van der Waals surface area (Å²) >= 11 is 0. The molecule has 3 rings (SSSR count). The molecule has 0 fully saturated rings. The van der Waals surface area contributed by atoms with E-state index >= 15 is 0 Å². The lowest BCUT2D eigenvalue weighted by atomic mass is 10.1. The Bertz CT molecular complexity index is 812. The molecule has 0 saturated carbocycles. The quantitative estimate of drug-likeness (QED) is 0.538. The number of hydrogen-bond acceptors (Lipinski definition) is 4. The molecule has 0 spiro atoms. The van der Waals surface area contributed by atoms with Crippen molar-refractivity contribution < 1.29 is 18.1 Å². The highest BCUT2D eigenvalue weighted by atomic mass is 19.3. The number of alkyl halides is 2. The molecule has 7 heteroatoms. The second-order valence-electron chi connectivity index (χ2n) is 4.75. The molecule has 0 amide bonds. The van der Waals surface area contributed by atoms with Gasteiger partial charge in [0, 0.05) is 11.6 Å². The van der Waals surface area contributed by atoms with Gasteiger partial charge in [0.25, 0.3) is 11.6 Å². The average Bonchev–Trinajstić information content (AvgIpc) is 2.92. The first kappa shape index (κ1) is 14.1. The lowest BCUT2D eigenvalue weighted by molar-refractivity contribution is -0.385. The van der Waals surface area contributed by atoms with E-state index in [0.29, 0.717) is 5.52 Å². The minimum Gasteiger partial charge on any atom is -0.435 e. The monoisotopic (exact) mass is 304 g/mol. The number of nitrogens with zero attached hydrogens (tertiary/aromatic N) is 2. The van der Waals surface area contributed by atoms with E-state index in [2.05, 4.69) is 4.98 Å². The van der Waals surface area contributed by atoms with Crippen LogP contribution in [-0.4, -0.2) is 9.91 Å². The highest BCUT2D eigenvalue weighted by Crippen LogP contribution is 2.35. The van der Waals surface area contributed by atoms with Crippen molar-refractivity contribution in [1.29, 1.82) is 0 Å². The van der Waals surface area contributed by atoms with Crippen LogP contribution in [0.15, 0.2) is 52.9 Å². The molecule has 0 unspecified atom stereocenters. The number of benzene rings is 2. The normalized spacial score (nSPS) is 11.7. The van der Waals surface area contributed by atoms with Gasteiger partial charge in [-0.2, -0.15) is 8.78 Å². The Morgan fingerprint density at radius 1 is 1.14 bits per heavy atom. The summed E-state index contributed by atoms with van der Waals surface area (Å²) in [5, 5.41) is 10.9. The van der Waals surface area contributed by atoms with Crippen LogP contribution in [0.25, 0.3) is 11.1 Å². The topological polar surface area (TPSA) is 69.2 Å². The van der Waals surface area contributed by atoms with Gasteiger partial charge in [0.1, 0.15) is 5.52 Å². The molecular weight excluding hydrogens is 294 g/mol. The van der Waals surface area contributed by atoms with Crippen LogP contribution in [0.5, 0.6) is 0 Å². The van der Waals surface area contributed by atoms with Crippen LogP contribution < -0.4 is 0 Å². The van der Waals surface area contributed by atoms with Crippen molar-refractivity contribution in [3.05, 3.63) is 70.1 Å². The predicted octanol–water partition coefficient (Wildman–Crippen LogP) is 4.07. The summed E-state index contributed by atoms with van der Waals surface area (Å²) in [6.07, 6.45) is -0.850. The number of oxazole rings is 1. The predicted molar refractivity (Wildman–Crippen MR) is 74.7 cm³/mol. The maximum Gasteiger partial charge on any atom is 0.326 e. The third-order valence-electron chi connectivity index (χ3n) is 3.21. The van der Waals surface area contributed by atoms with Crippen molar-refractivity contribution in [2.75, 3.05) is 0 Å². The number of nitro groups is 1. The molecule has 0 aliphatic carbocycles. The number of para-hydroxylation sites is 3. The second kappa shape index (κ2) is 5.18. The second-order valence-corrected chi connectivity index (χ2v) is 4.75. The van der Waals surface area contributed by atoms with Gasteiger partial charge in [-0.25, -0.2) is 4.98 Å².